The molecule has 0 bridgehead atoms. The minimum atomic E-state index is -0.206. The number of carbonyl (C=O) groups excluding carboxylic acids is 1. The largest absolute Gasteiger partial charge is 0.484 e. The molecule has 3 rings (SSSR count). The summed E-state index contributed by atoms with van der Waals surface area (Å²) in [6.45, 7) is 4.40. The summed E-state index contributed by atoms with van der Waals surface area (Å²) in [4.78, 5) is 12.3. The maximum absolute atomic E-state index is 12.3. The first kappa shape index (κ1) is 25.0. The summed E-state index contributed by atoms with van der Waals surface area (Å²) in [6.07, 6.45) is 13.5. The lowest BCUT2D eigenvalue weighted by molar-refractivity contribution is -0.123. The summed E-state index contributed by atoms with van der Waals surface area (Å²) in [6, 6.07) is 18.5. The van der Waals surface area contributed by atoms with Gasteiger partial charge in [-0.3, -0.25) is 4.79 Å². The fourth-order valence-corrected chi connectivity index (χ4v) is 4.44. The smallest absolute Gasteiger partial charge is 0.277 e. The molecule has 178 valence electrons. The first-order valence-corrected chi connectivity index (χ1v) is 12.7. The molecule has 0 radical (unpaired) electrons. The predicted octanol–water partition coefficient (Wildman–Crippen LogP) is 7.17. The molecule has 0 heterocycles. The molecule has 1 aliphatic rings. The van der Waals surface area contributed by atoms with Gasteiger partial charge in [0.2, 0.25) is 0 Å². The number of hydrogen-bond acceptors (Lipinski definition) is 3. The van der Waals surface area contributed by atoms with Crippen LogP contribution in [-0.2, 0) is 10.2 Å². The van der Waals surface area contributed by atoms with Gasteiger partial charge < -0.3 is 4.74 Å². The summed E-state index contributed by atoms with van der Waals surface area (Å²) in [5, 5.41) is 4.44. The van der Waals surface area contributed by atoms with Crippen molar-refractivity contribution in [1.82, 2.24) is 5.43 Å². The van der Waals surface area contributed by atoms with Gasteiger partial charge in [0.1, 0.15) is 5.75 Å². The van der Waals surface area contributed by atoms with Crippen LogP contribution in [0.4, 0.5) is 0 Å². The molecule has 1 aliphatic carbocycles. The van der Waals surface area contributed by atoms with Crippen molar-refractivity contribution in [2.75, 3.05) is 6.61 Å². The van der Waals surface area contributed by atoms with Crippen LogP contribution in [0.2, 0.25) is 0 Å². The Morgan fingerprint density at radius 2 is 1.30 bits per heavy atom. The van der Waals surface area contributed by atoms with Crippen LogP contribution in [-0.4, -0.2) is 18.2 Å². The first-order valence-electron chi connectivity index (χ1n) is 12.7. The number of carbonyl (C=O) groups is 1. The van der Waals surface area contributed by atoms with Gasteiger partial charge in [-0.2, -0.15) is 5.10 Å². The zero-order valence-electron chi connectivity index (χ0n) is 20.4. The van der Waals surface area contributed by atoms with E-state index in [2.05, 4.69) is 60.8 Å². The average Bonchev–Trinajstić information content (AvgIpc) is 2.83. The third-order valence-corrected chi connectivity index (χ3v) is 6.71. The Bertz CT molecular complexity index is 858. The summed E-state index contributed by atoms with van der Waals surface area (Å²) in [5.74, 6) is 0.485. The number of hydrazone groups is 1. The van der Waals surface area contributed by atoms with Crippen molar-refractivity contribution < 1.29 is 9.53 Å². The van der Waals surface area contributed by atoms with Crippen LogP contribution in [0.5, 0.6) is 5.75 Å². The molecule has 0 aliphatic heterocycles. The van der Waals surface area contributed by atoms with Crippen LogP contribution in [0.15, 0.2) is 59.7 Å². The van der Waals surface area contributed by atoms with Gasteiger partial charge in [-0.15, -0.1) is 0 Å². The van der Waals surface area contributed by atoms with E-state index >= 15 is 0 Å². The van der Waals surface area contributed by atoms with E-state index in [1.165, 1.54) is 56.1 Å². The lowest BCUT2D eigenvalue weighted by Gasteiger charge is -2.26. The molecule has 1 fully saturated rings. The molecule has 1 amide bonds. The SMILES string of the molecule is CC(C)(c1ccccc1)c1ccc(OCC(=O)NN=C2CCCCCCCCCCC2)cc1. The summed E-state index contributed by atoms with van der Waals surface area (Å²) in [5.41, 5.74) is 6.22. The van der Waals surface area contributed by atoms with E-state index in [1.807, 2.05) is 18.2 Å². The fourth-order valence-electron chi connectivity index (χ4n) is 4.44. The van der Waals surface area contributed by atoms with E-state index in [4.69, 9.17) is 4.74 Å². The van der Waals surface area contributed by atoms with E-state index in [9.17, 15) is 4.79 Å². The van der Waals surface area contributed by atoms with E-state index in [0.29, 0.717) is 5.75 Å². The number of ether oxygens (including phenoxy) is 1. The molecule has 0 spiro atoms. The Morgan fingerprint density at radius 3 is 1.88 bits per heavy atom. The average molecular weight is 449 g/mol. The maximum Gasteiger partial charge on any atom is 0.277 e. The third kappa shape index (κ3) is 8.34. The minimum absolute atomic E-state index is 0.0296. The highest BCUT2D eigenvalue weighted by Gasteiger charge is 2.22. The molecule has 2 aromatic rings. The number of hydrogen-bond donors (Lipinski definition) is 1. The van der Waals surface area contributed by atoms with Crippen molar-refractivity contribution >= 4 is 11.6 Å². The van der Waals surface area contributed by atoms with E-state index in [-0.39, 0.29) is 17.9 Å². The fraction of sp³-hybridized carbons (Fsp3) is 0.517. The second kappa shape index (κ2) is 13.2. The molecular weight excluding hydrogens is 408 g/mol. The van der Waals surface area contributed by atoms with Gasteiger partial charge in [-0.25, -0.2) is 5.43 Å². The number of nitrogens with zero attached hydrogens (tertiary/aromatic N) is 1. The van der Waals surface area contributed by atoms with Crippen LogP contribution in [0.25, 0.3) is 0 Å². The minimum Gasteiger partial charge on any atom is -0.484 e. The van der Waals surface area contributed by atoms with Gasteiger partial charge in [-0.05, 0) is 48.9 Å². The van der Waals surface area contributed by atoms with E-state index in [0.717, 1.165) is 31.4 Å². The van der Waals surface area contributed by atoms with Crippen molar-refractivity contribution in [1.29, 1.82) is 0 Å². The van der Waals surface area contributed by atoms with Crippen molar-refractivity contribution in [3.05, 3.63) is 65.7 Å². The normalized spacial score (nSPS) is 16.2. The lowest BCUT2D eigenvalue weighted by Crippen LogP contribution is -2.26. The summed E-state index contributed by atoms with van der Waals surface area (Å²) < 4.78 is 5.71. The standard InChI is InChI=1S/C29H40N2O2/c1-29(2,24-15-11-10-12-16-24)25-19-21-27(22-20-25)33-23-28(32)31-30-26-17-13-8-6-4-3-5-7-9-14-18-26/h10-12,15-16,19-22H,3-9,13-14,17-18,23H2,1-2H3,(H,31,32). The Morgan fingerprint density at radius 1 is 0.788 bits per heavy atom. The summed E-state index contributed by atoms with van der Waals surface area (Å²) >= 11 is 0. The molecule has 1 saturated carbocycles. The van der Waals surface area contributed by atoms with Crippen LogP contribution in [0.3, 0.4) is 0 Å². The number of nitrogens with one attached hydrogen (secondary N) is 1. The highest BCUT2D eigenvalue weighted by Crippen LogP contribution is 2.32. The summed E-state index contributed by atoms with van der Waals surface area (Å²) in [7, 11) is 0. The predicted molar refractivity (Wildman–Crippen MR) is 137 cm³/mol. The Kier molecular flexibility index (Phi) is 9.99. The third-order valence-electron chi connectivity index (χ3n) is 6.71. The Balaban J connectivity index is 1.48. The van der Waals surface area contributed by atoms with Gasteiger partial charge in [-0.1, -0.05) is 101 Å². The molecule has 4 heteroatoms. The van der Waals surface area contributed by atoms with Crippen molar-refractivity contribution in [3.8, 4) is 5.75 Å². The second-order valence-electron chi connectivity index (χ2n) is 9.70. The van der Waals surface area contributed by atoms with Gasteiger partial charge in [0.05, 0.1) is 0 Å². The van der Waals surface area contributed by atoms with E-state index < -0.39 is 0 Å². The number of amides is 1. The molecule has 2 aromatic carbocycles. The first-order chi connectivity index (χ1) is 16.1. The zero-order chi connectivity index (χ0) is 23.4. The molecule has 1 N–H and O–H groups in total. The Hall–Kier alpha value is -2.62. The second-order valence-corrected chi connectivity index (χ2v) is 9.70. The van der Waals surface area contributed by atoms with Gasteiger partial charge in [0.25, 0.3) is 5.91 Å². The monoisotopic (exact) mass is 448 g/mol. The highest BCUT2D eigenvalue weighted by atomic mass is 16.5. The lowest BCUT2D eigenvalue weighted by atomic mass is 9.78. The molecule has 0 atom stereocenters. The highest BCUT2D eigenvalue weighted by molar-refractivity contribution is 5.86. The molecule has 33 heavy (non-hydrogen) atoms. The van der Waals surface area contributed by atoms with E-state index in [1.54, 1.807) is 0 Å². The van der Waals surface area contributed by atoms with Crippen LogP contribution >= 0.6 is 0 Å². The molecule has 0 saturated heterocycles. The number of benzene rings is 2. The van der Waals surface area contributed by atoms with Crippen LogP contribution in [0.1, 0.15) is 95.6 Å². The van der Waals surface area contributed by atoms with Crippen molar-refractivity contribution in [3.63, 3.8) is 0 Å². The van der Waals surface area contributed by atoms with Crippen LogP contribution < -0.4 is 10.2 Å². The quantitative estimate of drug-likeness (QED) is 0.476. The Labute approximate surface area is 199 Å². The molecule has 0 aromatic heterocycles. The zero-order valence-corrected chi connectivity index (χ0v) is 20.4. The molecular formula is C29H40N2O2. The van der Waals surface area contributed by atoms with Crippen LogP contribution in [0, 0.1) is 0 Å². The van der Waals surface area contributed by atoms with Gasteiger partial charge in [0.15, 0.2) is 6.61 Å². The van der Waals surface area contributed by atoms with Gasteiger partial charge in [0, 0.05) is 11.1 Å². The maximum atomic E-state index is 12.3. The molecule has 4 nitrogen and oxygen atoms in total. The van der Waals surface area contributed by atoms with Crippen molar-refractivity contribution in [2.45, 2.75) is 89.9 Å². The van der Waals surface area contributed by atoms with Crippen molar-refractivity contribution in [2.24, 2.45) is 5.10 Å². The number of rotatable bonds is 6. The topological polar surface area (TPSA) is 50.7 Å². The molecule has 0 unspecified atom stereocenters. The van der Waals surface area contributed by atoms with Gasteiger partial charge >= 0.3 is 0 Å².